The average molecular weight is 446 g/mol. The van der Waals surface area contributed by atoms with E-state index in [2.05, 4.69) is 4.74 Å². The number of esters is 1. The zero-order valence-corrected chi connectivity index (χ0v) is 17.3. The van der Waals surface area contributed by atoms with Crippen molar-refractivity contribution in [1.29, 1.82) is 0 Å². The predicted molar refractivity (Wildman–Crippen MR) is 87.9 cm³/mol. The summed E-state index contributed by atoms with van der Waals surface area (Å²) in [4.78, 5) is 12.5. The molecule has 0 saturated heterocycles. The fourth-order valence-corrected chi connectivity index (χ4v) is 2.71. The molecule has 0 heterocycles. The molecule has 174 valence electrons. The Morgan fingerprint density at radius 1 is 0.724 bits per heavy atom. The minimum atomic E-state index is -7.12. The van der Waals surface area contributed by atoms with Crippen molar-refractivity contribution in [3.8, 4) is 0 Å². The summed E-state index contributed by atoms with van der Waals surface area (Å²) in [5.74, 6) is -16.1. The first-order valence-electron chi connectivity index (χ1n) is 8.89. The fourth-order valence-electron chi connectivity index (χ4n) is 2.71. The predicted octanol–water partition coefficient (Wildman–Crippen LogP) is 7.22. The van der Waals surface area contributed by atoms with Gasteiger partial charge in [0.1, 0.15) is 0 Å². The summed E-state index contributed by atoms with van der Waals surface area (Å²) >= 11 is 0. The number of ether oxygens (including phenoxy) is 1. The van der Waals surface area contributed by atoms with E-state index in [4.69, 9.17) is 0 Å². The van der Waals surface area contributed by atoms with Crippen LogP contribution in [0.2, 0.25) is 0 Å². The highest BCUT2D eigenvalue weighted by molar-refractivity contribution is 5.78. The maximum absolute atomic E-state index is 13.8. The highest BCUT2D eigenvalue weighted by atomic mass is 19.4. The maximum atomic E-state index is 13.8. The van der Waals surface area contributed by atoms with E-state index >= 15 is 0 Å². The lowest BCUT2D eigenvalue weighted by Gasteiger charge is -2.46. The summed E-state index contributed by atoms with van der Waals surface area (Å²) in [5.41, 5.74) is -3.68. The summed E-state index contributed by atoms with van der Waals surface area (Å²) in [5, 5.41) is 0. The van der Waals surface area contributed by atoms with Crippen molar-refractivity contribution >= 4 is 5.97 Å². The third-order valence-corrected chi connectivity index (χ3v) is 5.95. The molecular weight excluding hydrogens is 419 g/mol. The summed E-state index contributed by atoms with van der Waals surface area (Å²) in [6.45, 7) is 10.7. The monoisotopic (exact) mass is 446 g/mol. The number of hydrogen-bond acceptors (Lipinski definition) is 2. The summed E-state index contributed by atoms with van der Waals surface area (Å²) in [6, 6.07) is 0. The fraction of sp³-hybridized carbons (Fsp3) is 0.944. The Kier molecular flexibility index (Phi) is 7.52. The number of halogens is 9. The number of carbonyl (C=O) groups excluding carboxylic acids is 1. The molecule has 0 spiro atoms. The Morgan fingerprint density at radius 3 is 1.45 bits per heavy atom. The molecule has 0 aromatic carbocycles. The van der Waals surface area contributed by atoms with Crippen LogP contribution in [0, 0.1) is 16.2 Å². The standard InChI is InChI=1S/C18H27F9O2/c1-8-12(3,4)10-14(7,13(5,6)9-2)11(28)29-18(26,27)16(21,22)15(19,20)17(23,24)25/h8-10H2,1-7H3. The molecule has 29 heavy (non-hydrogen) atoms. The second kappa shape index (κ2) is 7.83. The van der Waals surface area contributed by atoms with Gasteiger partial charge in [-0.1, -0.05) is 48.0 Å². The SMILES string of the molecule is CCC(C)(C)CC(C)(C(=O)OC(F)(F)C(F)(F)C(F)(F)C(F)(F)F)C(C)(C)CC. The van der Waals surface area contributed by atoms with Gasteiger partial charge in [-0.2, -0.15) is 39.5 Å². The van der Waals surface area contributed by atoms with E-state index in [1.54, 1.807) is 27.7 Å². The minimum absolute atomic E-state index is 0.159. The van der Waals surface area contributed by atoms with Crippen LogP contribution in [-0.2, 0) is 9.53 Å². The second-order valence-electron chi connectivity index (χ2n) is 8.82. The van der Waals surface area contributed by atoms with E-state index in [0.29, 0.717) is 6.42 Å². The molecule has 0 aromatic rings. The lowest BCUT2D eigenvalue weighted by atomic mass is 9.58. The van der Waals surface area contributed by atoms with Crippen LogP contribution in [0.1, 0.15) is 67.7 Å². The third-order valence-electron chi connectivity index (χ3n) is 5.95. The highest BCUT2D eigenvalue weighted by Gasteiger charge is 2.84. The van der Waals surface area contributed by atoms with Crippen LogP contribution < -0.4 is 0 Å². The highest BCUT2D eigenvalue weighted by Crippen LogP contribution is 2.56. The Bertz CT molecular complexity index is 595. The smallest absolute Gasteiger partial charge is 0.396 e. The number of alkyl halides is 9. The van der Waals surface area contributed by atoms with Gasteiger partial charge >= 0.3 is 30.1 Å². The van der Waals surface area contributed by atoms with Crippen LogP contribution in [0.25, 0.3) is 0 Å². The van der Waals surface area contributed by atoms with E-state index in [1.165, 1.54) is 13.8 Å². The van der Waals surface area contributed by atoms with Crippen LogP contribution in [0.15, 0.2) is 0 Å². The molecular formula is C18H27F9O2. The maximum Gasteiger partial charge on any atom is 0.473 e. The Morgan fingerprint density at radius 2 is 1.14 bits per heavy atom. The Hall–Kier alpha value is -1.16. The summed E-state index contributed by atoms with van der Waals surface area (Å²) in [6.07, 6.45) is -12.9. The molecule has 0 aliphatic heterocycles. The molecule has 0 amide bonds. The van der Waals surface area contributed by atoms with Gasteiger partial charge in [-0.15, -0.1) is 0 Å². The molecule has 0 fully saturated rings. The third kappa shape index (κ3) is 4.95. The average Bonchev–Trinajstić information content (AvgIpc) is 2.52. The van der Waals surface area contributed by atoms with E-state index < -0.39 is 46.3 Å². The van der Waals surface area contributed by atoms with Gasteiger partial charge in [0.2, 0.25) is 0 Å². The minimum Gasteiger partial charge on any atom is -0.396 e. The molecule has 0 aromatic heterocycles. The van der Waals surface area contributed by atoms with Gasteiger partial charge in [-0.25, -0.2) is 0 Å². The lowest BCUT2D eigenvalue weighted by Crippen LogP contribution is -2.63. The van der Waals surface area contributed by atoms with Crippen molar-refractivity contribution in [3.05, 3.63) is 0 Å². The number of hydrogen-bond donors (Lipinski definition) is 0. The van der Waals surface area contributed by atoms with E-state index in [1.807, 2.05) is 0 Å². The molecule has 1 unspecified atom stereocenters. The zero-order valence-electron chi connectivity index (χ0n) is 17.3. The number of carbonyl (C=O) groups is 1. The molecule has 11 heteroatoms. The van der Waals surface area contributed by atoms with E-state index in [-0.39, 0.29) is 12.8 Å². The van der Waals surface area contributed by atoms with Gasteiger partial charge < -0.3 is 4.74 Å². The van der Waals surface area contributed by atoms with E-state index in [0.717, 1.165) is 6.92 Å². The van der Waals surface area contributed by atoms with Gasteiger partial charge in [-0.05, 0) is 30.6 Å². The first kappa shape index (κ1) is 27.8. The molecule has 2 nitrogen and oxygen atoms in total. The zero-order chi connectivity index (χ0) is 23.9. The molecule has 0 saturated carbocycles. The van der Waals surface area contributed by atoms with Gasteiger partial charge in [0.05, 0.1) is 5.41 Å². The van der Waals surface area contributed by atoms with Crippen molar-refractivity contribution < 1.29 is 49.0 Å². The van der Waals surface area contributed by atoms with Crippen molar-refractivity contribution in [3.63, 3.8) is 0 Å². The van der Waals surface area contributed by atoms with Crippen LogP contribution in [0.5, 0.6) is 0 Å². The quantitative estimate of drug-likeness (QED) is 0.276. The lowest BCUT2D eigenvalue weighted by molar-refractivity contribution is -0.436. The van der Waals surface area contributed by atoms with Crippen molar-refractivity contribution in [2.45, 2.75) is 91.9 Å². The normalized spacial score (nSPS) is 17.1. The van der Waals surface area contributed by atoms with Crippen LogP contribution >= 0.6 is 0 Å². The van der Waals surface area contributed by atoms with Crippen LogP contribution in [-0.4, -0.2) is 30.1 Å². The first-order valence-corrected chi connectivity index (χ1v) is 8.89. The van der Waals surface area contributed by atoms with Crippen molar-refractivity contribution in [2.24, 2.45) is 16.2 Å². The van der Waals surface area contributed by atoms with Crippen LogP contribution in [0.3, 0.4) is 0 Å². The summed E-state index contributed by atoms with van der Waals surface area (Å²) < 4.78 is 121. The van der Waals surface area contributed by atoms with Gasteiger partial charge in [0.25, 0.3) is 0 Å². The van der Waals surface area contributed by atoms with E-state index in [9.17, 15) is 44.3 Å². The second-order valence-corrected chi connectivity index (χ2v) is 8.82. The Balaban J connectivity index is 6.22. The molecule has 0 radical (unpaired) electrons. The Labute approximate surface area is 164 Å². The van der Waals surface area contributed by atoms with Crippen molar-refractivity contribution in [1.82, 2.24) is 0 Å². The molecule has 0 N–H and O–H groups in total. The largest absolute Gasteiger partial charge is 0.473 e. The van der Waals surface area contributed by atoms with Crippen molar-refractivity contribution in [2.75, 3.05) is 0 Å². The molecule has 0 aliphatic carbocycles. The van der Waals surface area contributed by atoms with Crippen LogP contribution in [0.4, 0.5) is 39.5 Å². The topological polar surface area (TPSA) is 26.3 Å². The number of rotatable bonds is 9. The molecule has 0 aliphatic rings. The molecule has 0 bridgehead atoms. The summed E-state index contributed by atoms with van der Waals surface area (Å²) in [7, 11) is 0. The molecule has 1 atom stereocenters. The molecule has 0 rings (SSSR count). The van der Waals surface area contributed by atoms with Gasteiger partial charge in [0, 0.05) is 0 Å². The van der Waals surface area contributed by atoms with Gasteiger partial charge in [-0.3, -0.25) is 4.79 Å². The van der Waals surface area contributed by atoms with Gasteiger partial charge in [0.15, 0.2) is 0 Å². The first-order chi connectivity index (χ1) is 12.5.